The predicted octanol–water partition coefficient (Wildman–Crippen LogP) is 1.05. The summed E-state index contributed by atoms with van der Waals surface area (Å²) >= 11 is 0. The van der Waals surface area contributed by atoms with Gasteiger partial charge in [0.15, 0.2) is 0 Å². The fourth-order valence-corrected chi connectivity index (χ4v) is 2.97. The zero-order chi connectivity index (χ0) is 17.7. The van der Waals surface area contributed by atoms with Gasteiger partial charge in [0.1, 0.15) is 5.82 Å². The summed E-state index contributed by atoms with van der Waals surface area (Å²) in [6.07, 6.45) is 1.05. The van der Waals surface area contributed by atoms with Gasteiger partial charge >= 0.3 is 0 Å². The van der Waals surface area contributed by atoms with Gasteiger partial charge in [-0.05, 0) is 34.1 Å². The van der Waals surface area contributed by atoms with Crippen LogP contribution in [-0.4, -0.2) is 61.3 Å². The summed E-state index contributed by atoms with van der Waals surface area (Å²) in [5.41, 5.74) is 1.88. The minimum atomic E-state index is -0.251. The first kappa shape index (κ1) is 18.6. The van der Waals surface area contributed by atoms with Crippen molar-refractivity contribution in [3.05, 3.63) is 17.1 Å². The molecule has 1 aromatic heterocycles. The van der Waals surface area contributed by atoms with Gasteiger partial charge in [-0.3, -0.25) is 4.79 Å². The van der Waals surface area contributed by atoms with Crippen molar-refractivity contribution < 1.29 is 9.53 Å². The van der Waals surface area contributed by atoms with Crippen LogP contribution in [0.25, 0.3) is 0 Å². The molecule has 0 bridgehead atoms. The molecule has 1 aliphatic rings. The van der Waals surface area contributed by atoms with Crippen molar-refractivity contribution in [3.63, 3.8) is 0 Å². The van der Waals surface area contributed by atoms with Crippen LogP contribution in [-0.2, 0) is 4.74 Å². The third kappa shape index (κ3) is 4.42. The third-order valence-electron chi connectivity index (χ3n) is 4.37. The summed E-state index contributed by atoms with van der Waals surface area (Å²) in [7, 11) is 1.59. The van der Waals surface area contributed by atoms with Gasteiger partial charge in [0.25, 0.3) is 5.91 Å². The first-order valence-corrected chi connectivity index (χ1v) is 8.62. The molecule has 0 radical (unpaired) electrons. The largest absolute Gasteiger partial charge is 0.380 e. The highest BCUT2D eigenvalue weighted by Crippen LogP contribution is 2.24. The molecule has 7 heteroatoms. The molecule has 24 heavy (non-hydrogen) atoms. The van der Waals surface area contributed by atoms with Crippen LogP contribution in [0.3, 0.4) is 0 Å². The Morgan fingerprint density at radius 3 is 2.83 bits per heavy atom. The van der Waals surface area contributed by atoms with Crippen LogP contribution in [0.15, 0.2) is 0 Å². The first-order chi connectivity index (χ1) is 11.5. The normalized spacial score (nSPS) is 18.7. The van der Waals surface area contributed by atoms with E-state index in [1.165, 1.54) is 0 Å². The molecular weight excluding hydrogens is 306 g/mol. The average Bonchev–Trinajstić information content (AvgIpc) is 3.02. The number of carbonyl (C=O) groups excluding carboxylic acids is 1. The molecular formula is C17H29N5O2. The van der Waals surface area contributed by atoms with E-state index in [-0.39, 0.29) is 11.7 Å². The Labute approximate surface area is 144 Å². The zero-order valence-corrected chi connectivity index (χ0v) is 15.3. The van der Waals surface area contributed by atoms with Gasteiger partial charge in [-0.15, -0.1) is 0 Å². The minimum absolute atomic E-state index is 0.233. The van der Waals surface area contributed by atoms with E-state index in [9.17, 15) is 4.79 Å². The van der Waals surface area contributed by atoms with Gasteiger partial charge in [-0.2, -0.15) is 0 Å². The van der Waals surface area contributed by atoms with Crippen molar-refractivity contribution in [1.29, 1.82) is 0 Å². The molecule has 1 aliphatic heterocycles. The highest BCUT2D eigenvalue weighted by Gasteiger charge is 2.27. The lowest BCUT2D eigenvalue weighted by Crippen LogP contribution is -2.41. The Morgan fingerprint density at radius 2 is 2.17 bits per heavy atom. The van der Waals surface area contributed by atoms with Gasteiger partial charge in [0.2, 0.25) is 5.82 Å². The molecule has 0 saturated carbocycles. The van der Waals surface area contributed by atoms with E-state index < -0.39 is 0 Å². The number of nitrogens with zero attached hydrogens (tertiary/aromatic N) is 3. The van der Waals surface area contributed by atoms with Crippen LogP contribution in [0.5, 0.6) is 0 Å². The van der Waals surface area contributed by atoms with E-state index >= 15 is 0 Å². The number of hydrogen-bond acceptors (Lipinski definition) is 6. The zero-order valence-electron chi connectivity index (χ0n) is 15.3. The maximum Gasteiger partial charge on any atom is 0.288 e. The number of hydrogen-bond donors (Lipinski definition) is 2. The van der Waals surface area contributed by atoms with Gasteiger partial charge in [0.05, 0.1) is 6.61 Å². The summed E-state index contributed by atoms with van der Waals surface area (Å²) in [6.45, 7) is 11.3. The Bertz CT molecular complexity index is 578. The average molecular weight is 335 g/mol. The van der Waals surface area contributed by atoms with Crippen LogP contribution in [0, 0.1) is 13.8 Å². The van der Waals surface area contributed by atoms with E-state index in [2.05, 4.69) is 32.4 Å². The molecule has 1 unspecified atom stereocenters. The van der Waals surface area contributed by atoms with E-state index in [4.69, 9.17) is 4.74 Å². The smallest absolute Gasteiger partial charge is 0.288 e. The fourth-order valence-electron chi connectivity index (χ4n) is 2.97. The Morgan fingerprint density at radius 1 is 1.42 bits per heavy atom. The first-order valence-electron chi connectivity index (χ1n) is 8.62. The van der Waals surface area contributed by atoms with Crippen molar-refractivity contribution in [3.8, 4) is 0 Å². The monoisotopic (exact) mass is 335 g/mol. The quantitative estimate of drug-likeness (QED) is 0.775. The standard InChI is InChI=1S/C17H29N5O2/c1-6-24-10-11(2)19-14-7-8-22(9-14)16-12(3)13(4)20-15(21-16)17(23)18-5/h11,14,19H,6-10H2,1-5H3,(H,18,23)/t11?,14-/m1/s1. The molecule has 1 aromatic rings. The molecule has 2 N–H and O–H groups in total. The molecule has 2 heterocycles. The molecule has 7 nitrogen and oxygen atoms in total. The SMILES string of the molecule is CCOCC(C)N[C@@H]1CCN(c2nc(C(=O)NC)nc(C)c2C)C1. The molecule has 0 aliphatic carbocycles. The van der Waals surface area contributed by atoms with Crippen molar-refractivity contribution in [2.24, 2.45) is 0 Å². The fraction of sp³-hybridized carbons (Fsp3) is 0.706. The van der Waals surface area contributed by atoms with Gasteiger partial charge in [-0.25, -0.2) is 9.97 Å². The number of nitrogens with one attached hydrogen (secondary N) is 2. The van der Waals surface area contributed by atoms with Crippen molar-refractivity contribution in [2.45, 2.75) is 46.2 Å². The van der Waals surface area contributed by atoms with Crippen LogP contribution < -0.4 is 15.5 Å². The van der Waals surface area contributed by atoms with E-state index in [1.54, 1.807) is 7.05 Å². The summed E-state index contributed by atoms with van der Waals surface area (Å²) in [4.78, 5) is 22.9. The highest BCUT2D eigenvalue weighted by atomic mass is 16.5. The Hall–Kier alpha value is -1.73. The van der Waals surface area contributed by atoms with E-state index in [0.29, 0.717) is 12.1 Å². The van der Waals surface area contributed by atoms with Gasteiger partial charge in [-0.1, -0.05) is 0 Å². The lowest BCUT2D eigenvalue weighted by Gasteiger charge is -2.23. The minimum Gasteiger partial charge on any atom is -0.380 e. The second-order valence-electron chi connectivity index (χ2n) is 6.32. The molecule has 2 rings (SSSR count). The summed E-state index contributed by atoms with van der Waals surface area (Å²) in [5, 5.41) is 6.20. The molecule has 134 valence electrons. The highest BCUT2D eigenvalue weighted by molar-refractivity contribution is 5.90. The molecule has 0 spiro atoms. The number of ether oxygens (including phenoxy) is 1. The molecule has 1 fully saturated rings. The molecule has 1 amide bonds. The number of aryl methyl sites for hydroxylation is 1. The maximum absolute atomic E-state index is 11.9. The molecule has 0 aromatic carbocycles. The Kier molecular flexibility index (Phi) is 6.51. The third-order valence-corrected chi connectivity index (χ3v) is 4.37. The Balaban J connectivity index is 2.07. The van der Waals surface area contributed by atoms with Gasteiger partial charge < -0.3 is 20.3 Å². The maximum atomic E-state index is 11.9. The lowest BCUT2D eigenvalue weighted by molar-refractivity contribution is 0.0952. The van der Waals surface area contributed by atoms with Crippen LogP contribution >= 0.6 is 0 Å². The number of amides is 1. The van der Waals surface area contributed by atoms with Crippen LogP contribution in [0.2, 0.25) is 0 Å². The van der Waals surface area contributed by atoms with E-state index in [1.807, 2.05) is 20.8 Å². The topological polar surface area (TPSA) is 79.4 Å². The summed E-state index contributed by atoms with van der Waals surface area (Å²) in [5.74, 6) is 0.846. The predicted molar refractivity (Wildman–Crippen MR) is 94.6 cm³/mol. The van der Waals surface area contributed by atoms with Crippen molar-refractivity contribution in [1.82, 2.24) is 20.6 Å². The summed E-state index contributed by atoms with van der Waals surface area (Å²) in [6, 6.07) is 0.725. The second-order valence-corrected chi connectivity index (χ2v) is 6.32. The second kappa shape index (κ2) is 8.39. The number of anilines is 1. The van der Waals surface area contributed by atoms with E-state index in [0.717, 1.165) is 49.8 Å². The van der Waals surface area contributed by atoms with Crippen molar-refractivity contribution >= 4 is 11.7 Å². The van der Waals surface area contributed by atoms with Gasteiger partial charge in [0, 0.05) is 50.1 Å². The molecule has 2 atom stereocenters. The van der Waals surface area contributed by atoms with Crippen LogP contribution in [0.1, 0.15) is 42.1 Å². The molecule has 1 saturated heterocycles. The summed E-state index contributed by atoms with van der Waals surface area (Å²) < 4.78 is 5.47. The lowest BCUT2D eigenvalue weighted by atomic mass is 10.2. The number of aromatic nitrogens is 2. The van der Waals surface area contributed by atoms with Crippen molar-refractivity contribution in [2.75, 3.05) is 38.3 Å². The number of rotatable bonds is 7. The number of carbonyl (C=O) groups is 1. The van der Waals surface area contributed by atoms with Crippen LogP contribution in [0.4, 0.5) is 5.82 Å².